The number of thiazole rings is 1. The van der Waals surface area contributed by atoms with Crippen molar-refractivity contribution in [2.75, 3.05) is 10.0 Å². The van der Waals surface area contributed by atoms with Crippen molar-refractivity contribution >= 4 is 60.6 Å². The minimum absolute atomic E-state index is 0. The zero-order valence-corrected chi connectivity index (χ0v) is 17.3. The van der Waals surface area contributed by atoms with Crippen LogP contribution >= 0.6 is 22.9 Å². The molecule has 2 N–H and O–H groups in total. The van der Waals surface area contributed by atoms with Gasteiger partial charge in [0, 0.05) is 39.4 Å². The lowest BCUT2D eigenvalue weighted by Gasteiger charge is -2.09. The molecule has 0 saturated heterocycles. The van der Waals surface area contributed by atoms with Gasteiger partial charge in [-0.1, -0.05) is 25.1 Å². The first-order valence-electron chi connectivity index (χ1n) is 8.48. The number of hydrogen-bond acceptors (Lipinski definition) is 5. The van der Waals surface area contributed by atoms with Gasteiger partial charge in [-0.05, 0) is 42.5 Å². The van der Waals surface area contributed by atoms with E-state index in [2.05, 4.69) is 15.0 Å². The molecule has 0 aliphatic carbocycles. The molecule has 4 rings (SSSR count). The summed E-state index contributed by atoms with van der Waals surface area (Å²) in [7, 11) is -3.73. The topological polar surface area (TPSA) is 93.1 Å². The number of aromatic nitrogens is 2. The van der Waals surface area contributed by atoms with Crippen LogP contribution in [0.1, 0.15) is 7.43 Å². The molecule has 0 spiro atoms. The molecule has 30 heavy (non-hydrogen) atoms. The third-order valence-electron chi connectivity index (χ3n) is 4.18. The van der Waals surface area contributed by atoms with E-state index in [1.165, 1.54) is 29.7 Å². The van der Waals surface area contributed by atoms with Crippen LogP contribution in [0, 0.1) is 0 Å². The summed E-state index contributed by atoms with van der Waals surface area (Å²) in [6.45, 7) is 0.107. The number of nitrogens with zero attached hydrogens (tertiary/aromatic N) is 2. The molecule has 0 aliphatic heterocycles. The molecule has 7 nitrogen and oxygen atoms in total. The highest BCUT2D eigenvalue weighted by Gasteiger charge is 2.15. The zero-order chi connectivity index (χ0) is 20.4. The van der Waals surface area contributed by atoms with Crippen molar-refractivity contribution in [3.8, 4) is 0 Å². The maximum Gasteiger partial charge on any atom is 0.263 e. The highest BCUT2D eigenvalue weighted by Crippen LogP contribution is 2.24. The molecule has 0 saturated carbocycles. The van der Waals surface area contributed by atoms with Crippen LogP contribution < -0.4 is 10.0 Å². The summed E-state index contributed by atoms with van der Waals surface area (Å²) in [6.07, 6.45) is 3.32. The monoisotopic (exact) mass is 462 g/mol. The number of benzene rings is 2. The minimum Gasteiger partial charge on any atom is -0.338 e. The van der Waals surface area contributed by atoms with Crippen LogP contribution in [-0.4, -0.2) is 23.9 Å². The number of nitrogens with one attached hydrogen (secondary N) is 2. The first kappa shape index (κ1) is 21.8. The summed E-state index contributed by atoms with van der Waals surface area (Å²) < 4.78 is 28.9. The average molecular weight is 463 g/mol. The summed E-state index contributed by atoms with van der Waals surface area (Å²) >= 11 is 7.35. The highest BCUT2D eigenvalue weighted by atomic mass is 35.5. The van der Waals surface area contributed by atoms with Gasteiger partial charge in [-0.2, -0.15) is 0 Å². The van der Waals surface area contributed by atoms with E-state index in [4.69, 9.17) is 11.6 Å². The van der Waals surface area contributed by atoms with Crippen LogP contribution in [0.2, 0.25) is 5.02 Å². The first-order valence-corrected chi connectivity index (χ1v) is 11.2. The van der Waals surface area contributed by atoms with Crippen LogP contribution in [0.25, 0.3) is 10.9 Å². The number of rotatable bonds is 6. The SMILES string of the molecule is C.O=C(Cn1ccc2c(Cl)cccc21)Nc1ccc(S(=O)(=O)Nc2nccs2)cc1. The number of amides is 1. The molecule has 0 atom stereocenters. The van der Waals surface area contributed by atoms with Crippen molar-refractivity contribution < 1.29 is 13.2 Å². The fraction of sp³-hybridized carbons (Fsp3) is 0.100. The number of anilines is 2. The van der Waals surface area contributed by atoms with Gasteiger partial charge in [0.05, 0.1) is 4.90 Å². The molecule has 2 heterocycles. The van der Waals surface area contributed by atoms with Gasteiger partial charge in [0.15, 0.2) is 5.13 Å². The normalized spacial score (nSPS) is 11.1. The molecule has 2 aromatic carbocycles. The van der Waals surface area contributed by atoms with Crippen molar-refractivity contribution in [2.45, 2.75) is 18.9 Å². The fourth-order valence-corrected chi connectivity index (χ4v) is 4.87. The molecule has 0 fully saturated rings. The Hall–Kier alpha value is -2.88. The van der Waals surface area contributed by atoms with E-state index in [0.717, 1.165) is 10.9 Å². The van der Waals surface area contributed by atoms with Gasteiger partial charge < -0.3 is 9.88 Å². The van der Waals surface area contributed by atoms with Crippen LogP contribution in [0.15, 0.2) is 71.2 Å². The number of fused-ring (bicyclic) bond motifs is 1. The maximum absolute atomic E-state index is 12.4. The van der Waals surface area contributed by atoms with E-state index in [-0.39, 0.29) is 24.8 Å². The van der Waals surface area contributed by atoms with Crippen molar-refractivity contribution in [3.05, 3.63) is 71.3 Å². The molecule has 0 unspecified atom stereocenters. The third-order valence-corrected chi connectivity index (χ3v) is 6.68. The Kier molecular flexibility index (Phi) is 6.45. The van der Waals surface area contributed by atoms with E-state index in [9.17, 15) is 13.2 Å². The molecule has 0 radical (unpaired) electrons. The fourth-order valence-electron chi connectivity index (χ4n) is 2.84. The van der Waals surface area contributed by atoms with Crippen molar-refractivity contribution in [3.63, 3.8) is 0 Å². The summed E-state index contributed by atoms with van der Waals surface area (Å²) in [4.78, 5) is 16.4. The maximum atomic E-state index is 12.4. The molecule has 4 aromatic rings. The van der Waals surface area contributed by atoms with Gasteiger partial charge >= 0.3 is 0 Å². The van der Waals surface area contributed by atoms with Gasteiger partial charge in [0.1, 0.15) is 6.54 Å². The Morgan fingerprint density at radius 2 is 1.90 bits per heavy atom. The Labute approximate surface area is 183 Å². The quantitative estimate of drug-likeness (QED) is 0.429. The number of carbonyl (C=O) groups excluding carboxylic acids is 1. The Morgan fingerprint density at radius 3 is 2.60 bits per heavy atom. The predicted molar refractivity (Wildman–Crippen MR) is 122 cm³/mol. The lowest BCUT2D eigenvalue weighted by Crippen LogP contribution is -2.18. The van der Waals surface area contributed by atoms with Crippen molar-refractivity contribution in [1.82, 2.24) is 9.55 Å². The molecule has 156 valence electrons. The van der Waals surface area contributed by atoms with Crippen LogP contribution in [-0.2, 0) is 21.4 Å². The number of carbonyl (C=O) groups is 1. The molecule has 1 amide bonds. The Morgan fingerprint density at radius 1 is 1.13 bits per heavy atom. The molecular weight excluding hydrogens is 444 g/mol. The Balaban J connectivity index is 0.00000256. The molecule has 0 bridgehead atoms. The second-order valence-corrected chi connectivity index (χ2v) is 9.12. The van der Waals surface area contributed by atoms with E-state index < -0.39 is 10.0 Å². The van der Waals surface area contributed by atoms with E-state index >= 15 is 0 Å². The van der Waals surface area contributed by atoms with E-state index in [1.807, 2.05) is 18.2 Å². The van der Waals surface area contributed by atoms with E-state index in [0.29, 0.717) is 15.8 Å². The molecule has 2 aromatic heterocycles. The highest BCUT2D eigenvalue weighted by molar-refractivity contribution is 7.93. The first-order chi connectivity index (χ1) is 13.9. The second kappa shape index (κ2) is 8.86. The second-order valence-electron chi connectivity index (χ2n) is 6.13. The van der Waals surface area contributed by atoms with E-state index in [1.54, 1.807) is 34.3 Å². The third kappa shape index (κ3) is 4.64. The van der Waals surface area contributed by atoms with Gasteiger partial charge in [-0.25, -0.2) is 13.4 Å². The van der Waals surface area contributed by atoms with Crippen LogP contribution in [0.4, 0.5) is 10.8 Å². The number of halogens is 1. The number of sulfonamides is 1. The lowest BCUT2D eigenvalue weighted by atomic mass is 10.2. The Bertz CT molecular complexity index is 1270. The summed E-state index contributed by atoms with van der Waals surface area (Å²) in [5.41, 5.74) is 1.36. The zero-order valence-electron chi connectivity index (χ0n) is 14.9. The number of hydrogen-bond donors (Lipinski definition) is 2. The summed E-state index contributed by atoms with van der Waals surface area (Å²) in [6, 6.07) is 13.3. The molecule has 0 aliphatic rings. The van der Waals surface area contributed by atoms with Crippen molar-refractivity contribution in [2.24, 2.45) is 0 Å². The largest absolute Gasteiger partial charge is 0.338 e. The minimum atomic E-state index is -3.73. The standard InChI is InChI=1S/C19H15ClN4O3S2.CH4/c20-16-2-1-3-17-15(16)8-10-24(17)12-18(25)22-13-4-6-14(7-5-13)29(26,27)23-19-21-9-11-28-19;/h1-11H,12H2,(H,21,23)(H,22,25);1H4. The summed E-state index contributed by atoms with van der Waals surface area (Å²) in [5, 5.41) is 6.25. The van der Waals surface area contributed by atoms with Gasteiger partial charge in [-0.15, -0.1) is 11.3 Å². The van der Waals surface area contributed by atoms with Crippen LogP contribution in [0.5, 0.6) is 0 Å². The van der Waals surface area contributed by atoms with Gasteiger partial charge in [0.2, 0.25) is 5.91 Å². The predicted octanol–water partition coefficient (Wildman–Crippen LogP) is 4.83. The average Bonchev–Trinajstić information content (AvgIpc) is 3.33. The smallest absolute Gasteiger partial charge is 0.263 e. The van der Waals surface area contributed by atoms with Crippen LogP contribution in [0.3, 0.4) is 0 Å². The summed E-state index contributed by atoms with van der Waals surface area (Å²) in [5.74, 6) is -0.237. The van der Waals surface area contributed by atoms with Gasteiger partial charge in [-0.3, -0.25) is 9.52 Å². The molecular formula is C20H19ClN4O3S2. The van der Waals surface area contributed by atoms with Gasteiger partial charge in [0.25, 0.3) is 10.0 Å². The van der Waals surface area contributed by atoms with Crippen molar-refractivity contribution in [1.29, 1.82) is 0 Å². The molecule has 10 heteroatoms. The lowest BCUT2D eigenvalue weighted by molar-refractivity contribution is -0.116.